The number of benzene rings is 2. The van der Waals surface area contributed by atoms with Crippen LogP contribution in [0.3, 0.4) is 0 Å². The van der Waals surface area contributed by atoms with Gasteiger partial charge in [0.15, 0.2) is 9.84 Å². The Morgan fingerprint density at radius 3 is 2.12 bits per heavy atom. The molecule has 2 rings (SSSR count). The molecule has 0 radical (unpaired) electrons. The lowest BCUT2D eigenvalue weighted by Crippen LogP contribution is -2.15. The van der Waals surface area contributed by atoms with Crippen molar-refractivity contribution < 1.29 is 17.9 Å². The van der Waals surface area contributed by atoms with Gasteiger partial charge in [-0.2, -0.15) is 0 Å². The number of anilines is 1. The molecule has 0 saturated heterocycles. The fourth-order valence-corrected chi connectivity index (χ4v) is 3.19. The minimum absolute atomic E-state index is 0.167. The fourth-order valence-electron chi connectivity index (χ4n) is 2.13. The molecule has 0 atom stereocenters. The number of methoxy groups -OCH3 is 1. The first kappa shape index (κ1) is 18.0. The zero-order chi connectivity index (χ0) is 17.7. The SMILES string of the molecule is COc1ccc(CC(=O)Nc2ccc(S(=O)(=O)C(C)C)cc2)cc1. The van der Waals surface area contributed by atoms with Crippen LogP contribution < -0.4 is 10.1 Å². The van der Waals surface area contributed by atoms with Gasteiger partial charge >= 0.3 is 0 Å². The first-order valence-electron chi connectivity index (χ1n) is 7.59. The van der Waals surface area contributed by atoms with E-state index >= 15 is 0 Å². The average Bonchev–Trinajstić information content (AvgIpc) is 2.56. The van der Waals surface area contributed by atoms with Crippen LogP contribution >= 0.6 is 0 Å². The number of nitrogens with one attached hydrogen (secondary N) is 1. The van der Waals surface area contributed by atoms with Crippen LogP contribution in [0.4, 0.5) is 5.69 Å². The van der Waals surface area contributed by atoms with Crippen molar-refractivity contribution in [2.75, 3.05) is 12.4 Å². The predicted octanol–water partition coefficient (Wildman–Crippen LogP) is 3.06. The lowest BCUT2D eigenvalue weighted by Gasteiger charge is -2.09. The molecule has 24 heavy (non-hydrogen) atoms. The second-order valence-corrected chi connectivity index (χ2v) is 8.20. The summed E-state index contributed by atoms with van der Waals surface area (Å²) in [4.78, 5) is 12.3. The smallest absolute Gasteiger partial charge is 0.228 e. The van der Waals surface area contributed by atoms with Gasteiger partial charge in [0.2, 0.25) is 5.91 Å². The highest BCUT2D eigenvalue weighted by atomic mass is 32.2. The van der Waals surface area contributed by atoms with Crippen LogP contribution in [0, 0.1) is 0 Å². The Kier molecular flexibility index (Phi) is 5.62. The number of hydrogen-bond acceptors (Lipinski definition) is 4. The monoisotopic (exact) mass is 347 g/mol. The predicted molar refractivity (Wildman–Crippen MR) is 94.1 cm³/mol. The van der Waals surface area contributed by atoms with E-state index in [4.69, 9.17) is 4.74 Å². The van der Waals surface area contributed by atoms with Gasteiger partial charge in [-0.25, -0.2) is 8.42 Å². The third-order valence-electron chi connectivity index (χ3n) is 3.61. The second kappa shape index (κ2) is 7.49. The number of hydrogen-bond donors (Lipinski definition) is 1. The van der Waals surface area contributed by atoms with Crippen molar-refractivity contribution in [1.29, 1.82) is 0 Å². The van der Waals surface area contributed by atoms with Crippen molar-refractivity contribution in [1.82, 2.24) is 0 Å². The van der Waals surface area contributed by atoms with Gasteiger partial charge in [0.25, 0.3) is 0 Å². The lowest BCUT2D eigenvalue weighted by atomic mass is 10.1. The van der Waals surface area contributed by atoms with Crippen LogP contribution in [-0.2, 0) is 21.1 Å². The number of ether oxygens (including phenoxy) is 1. The van der Waals surface area contributed by atoms with Gasteiger partial charge in [0, 0.05) is 5.69 Å². The van der Waals surface area contributed by atoms with Crippen LogP contribution in [0.2, 0.25) is 0 Å². The summed E-state index contributed by atoms with van der Waals surface area (Å²) in [6, 6.07) is 13.5. The number of carbonyl (C=O) groups is 1. The quantitative estimate of drug-likeness (QED) is 0.872. The molecule has 0 aliphatic carbocycles. The minimum atomic E-state index is -3.30. The van der Waals surface area contributed by atoms with Crippen LogP contribution in [0.5, 0.6) is 5.75 Å². The van der Waals surface area contributed by atoms with Gasteiger partial charge in [-0.15, -0.1) is 0 Å². The molecule has 0 bridgehead atoms. The molecule has 1 amide bonds. The third-order valence-corrected chi connectivity index (χ3v) is 5.78. The Bertz CT molecular complexity index is 794. The first-order valence-corrected chi connectivity index (χ1v) is 9.14. The highest BCUT2D eigenvalue weighted by molar-refractivity contribution is 7.92. The summed E-state index contributed by atoms with van der Waals surface area (Å²) in [6.45, 7) is 3.28. The third kappa shape index (κ3) is 4.35. The summed E-state index contributed by atoms with van der Waals surface area (Å²) in [5.74, 6) is 0.570. The number of amides is 1. The largest absolute Gasteiger partial charge is 0.497 e. The summed E-state index contributed by atoms with van der Waals surface area (Å²) in [5.41, 5.74) is 1.43. The van der Waals surface area contributed by atoms with E-state index in [1.807, 2.05) is 12.1 Å². The molecule has 2 aromatic carbocycles. The summed E-state index contributed by atoms with van der Waals surface area (Å²) in [6.07, 6.45) is 0.232. The second-order valence-electron chi connectivity index (χ2n) is 5.69. The Labute approximate surface area is 142 Å². The van der Waals surface area contributed by atoms with E-state index in [0.29, 0.717) is 5.69 Å². The first-order chi connectivity index (χ1) is 11.3. The van der Waals surface area contributed by atoms with Gasteiger partial charge < -0.3 is 10.1 Å². The maximum Gasteiger partial charge on any atom is 0.228 e. The number of carbonyl (C=O) groups excluding carboxylic acids is 1. The van der Waals surface area contributed by atoms with Crippen LogP contribution in [0.15, 0.2) is 53.4 Å². The maximum absolute atomic E-state index is 12.1. The van der Waals surface area contributed by atoms with Crippen LogP contribution in [0.25, 0.3) is 0 Å². The highest BCUT2D eigenvalue weighted by Gasteiger charge is 2.18. The van der Waals surface area contributed by atoms with E-state index in [9.17, 15) is 13.2 Å². The molecule has 0 fully saturated rings. The van der Waals surface area contributed by atoms with Gasteiger partial charge in [-0.3, -0.25) is 4.79 Å². The maximum atomic E-state index is 12.1. The van der Waals surface area contributed by atoms with Crippen molar-refractivity contribution in [3.63, 3.8) is 0 Å². The van der Waals surface area contributed by atoms with E-state index in [0.717, 1.165) is 11.3 Å². The highest BCUT2D eigenvalue weighted by Crippen LogP contribution is 2.19. The molecule has 0 saturated carbocycles. The van der Waals surface area contributed by atoms with E-state index in [1.54, 1.807) is 45.2 Å². The Morgan fingerprint density at radius 1 is 1.04 bits per heavy atom. The van der Waals surface area contributed by atoms with Crippen LogP contribution in [-0.4, -0.2) is 26.7 Å². The van der Waals surface area contributed by atoms with Crippen LogP contribution in [0.1, 0.15) is 19.4 Å². The lowest BCUT2D eigenvalue weighted by molar-refractivity contribution is -0.115. The van der Waals surface area contributed by atoms with E-state index in [-0.39, 0.29) is 17.2 Å². The van der Waals surface area contributed by atoms with Crippen molar-refractivity contribution in [3.05, 3.63) is 54.1 Å². The van der Waals surface area contributed by atoms with Crippen molar-refractivity contribution in [2.45, 2.75) is 30.4 Å². The summed E-state index contributed by atoms with van der Waals surface area (Å²) >= 11 is 0. The summed E-state index contributed by atoms with van der Waals surface area (Å²) in [7, 11) is -1.71. The van der Waals surface area contributed by atoms with E-state index < -0.39 is 15.1 Å². The van der Waals surface area contributed by atoms with Gasteiger partial charge in [0.1, 0.15) is 5.75 Å². The van der Waals surface area contributed by atoms with E-state index in [2.05, 4.69) is 5.32 Å². The van der Waals surface area contributed by atoms with Gasteiger partial charge in [0.05, 0.1) is 23.7 Å². The molecule has 1 N–H and O–H groups in total. The molecule has 6 heteroatoms. The minimum Gasteiger partial charge on any atom is -0.497 e. The zero-order valence-electron chi connectivity index (χ0n) is 13.9. The standard InChI is InChI=1S/C18H21NO4S/c1-13(2)24(21,22)17-10-6-15(7-11-17)19-18(20)12-14-4-8-16(23-3)9-5-14/h4-11,13H,12H2,1-3H3,(H,19,20). The number of sulfone groups is 1. The Hall–Kier alpha value is -2.34. The fraction of sp³-hybridized carbons (Fsp3) is 0.278. The molecular weight excluding hydrogens is 326 g/mol. The number of rotatable bonds is 6. The van der Waals surface area contributed by atoms with Crippen molar-refractivity contribution in [2.24, 2.45) is 0 Å². The average molecular weight is 347 g/mol. The molecule has 2 aromatic rings. The zero-order valence-corrected chi connectivity index (χ0v) is 14.8. The Balaban J connectivity index is 2.01. The molecule has 0 aliphatic rings. The van der Waals surface area contributed by atoms with Gasteiger partial charge in [-0.05, 0) is 55.8 Å². The molecule has 0 aromatic heterocycles. The Morgan fingerprint density at radius 2 is 1.62 bits per heavy atom. The normalized spacial score (nSPS) is 11.3. The molecule has 0 unspecified atom stereocenters. The summed E-state index contributed by atoms with van der Waals surface area (Å²) < 4.78 is 29.2. The molecule has 0 heterocycles. The molecule has 5 nitrogen and oxygen atoms in total. The van der Waals surface area contributed by atoms with Crippen molar-refractivity contribution >= 4 is 21.4 Å². The van der Waals surface area contributed by atoms with Gasteiger partial charge in [-0.1, -0.05) is 12.1 Å². The molecule has 128 valence electrons. The van der Waals surface area contributed by atoms with Crippen molar-refractivity contribution in [3.8, 4) is 5.75 Å². The molecule has 0 spiro atoms. The van der Waals surface area contributed by atoms with E-state index in [1.165, 1.54) is 12.1 Å². The molecule has 0 aliphatic heterocycles. The topological polar surface area (TPSA) is 72.5 Å². The molecular formula is C18H21NO4S. The summed E-state index contributed by atoms with van der Waals surface area (Å²) in [5, 5.41) is 2.28.